The fraction of sp³-hybridized carbons (Fsp3) is 0.300. The third-order valence-corrected chi connectivity index (χ3v) is 1.86. The van der Waals surface area contributed by atoms with Crippen molar-refractivity contribution < 1.29 is 14.3 Å². The third-order valence-electron chi connectivity index (χ3n) is 1.86. The van der Waals surface area contributed by atoms with Gasteiger partial charge in [-0.2, -0.15) is 0 Å². The first-order valence-corrected chi connectivity index (χ1v) is 4.47. The number of para-hydroxylation sites is 1. The molecular weight excluding hydrogens is 182 g/mol. The van der Waals surface area contributed by atoms with E-state index in [1.807, 2.05) is 19.1 Å². The fourth-order valence-corrected chi connectivity index (χ4v) is 1.31. The van der Waals surface area contributed by atoms with Crippen molar-refractivity contribution in [1.82, 2.24) is 4.98 Å². The average molecular weight is 193 g/mol. The summed E-state index contributed by atoms with van der Waals surface area (Å²) < 4.78 is 10.6. The number of oxazole rings is 1. The molecule has 0 fully saturated rings. The van der Waals surface area contributed by atoms with Gasteiger partial charge in [0.1, 0.15) is 12.4 Å². The lowest BCUT2D eigenvalue weighted by atomic mass is 10.3. The van der Waals surface area contributed by atoms with Gasteiger partial charge in [0.2, 0.25) is 5.89 Å². The van der Waals surface area contributed by atoms with Crippen molar-refractivity contribution in [3.8, 4) is 5.75 Å². The van der Waals surface area contributed by atoms with Crippen LogP contribution in [0.5, 0.6) is 5.75 Å². The second kappa shape index (κ2) is 3.67. The predicted octanol–water partition coefficient (Wildman–Crippen LogP) is 1.72. The van der Waals surface area contributed by atoms with Crippen molar-refractivity contribution >= 4 is 11.1 Å². The quantitative estimate of drug-likeness (QED) is 0.806. The number of aliphatic hydroxyl groups is 1. The fourth-order valence-electron chi connectivity index (χ4n) is 1.31. The molecule has 0 spiro atoms. The number of hydrogen-bond acceptors (Lipinski definition) is 4. The van der Waals surface area contributed by atoms with Gasteiger partial charge in [-0.25, -0.2) is 4.98 Å². The van der Waals surface area contributed by atoms with Crippen LogP contribution in [0.15, 0.2) is 22.6 Å². The molecule has 2 rings (SSSR count). The highest BCUT2D eigenvalue weighted by molar-refractivity contribution is 5.79. The van der Waals surface area contributed by atoms with E-state index in [4.69, 9.17) is 14.3 Å². The predicted molar refractivity (Wildman–Crippen MR) is 51.1 cm³/mol. The Balaban J connectivity index is 2.55. The van der Waals surface area contributed by atoms with Crippen LogP contribution in [0.2, 0.25) is 0 Å². The van der Waals surface area contributed by atoms with Crippen LogP contribution in [0.3, 0.4) is 0 Å². The zero-order valence-corrected chi connectivity index (χ0v) is 7.86. The number of aromatic nitrogens is 1. The Morgan fingerprint density at radius 2 is 2.36 bits per heavy atom. The van der Waals surface area contributed by atoms with Crippen LogP contribution >= 0.6 is 0 Å². The SMILES string of the molecule is CCOc1cccc2oc(CO)nc12. The van der Waals surface area contributed by atoms with E-state index in [-0.39, 0.29) is 6.61 Å². The summed E-state index contributed by atoms with van der Waals surface area (Å²) in [4.78, 5) is 4.11. The molecule has 0 radical (unpaired) electrons. The van der Waals surface area contributed by atoms with Crippen LogP contribution in [-0.4, -0.2) is 16.7 Å². The van der Waals surface area contributed by atoms with E-state index in [0.717, 1.165) is 0 Å². The van der Waals surface area contributed by atoms with E-state index in [0.29, 0.717) is 29.3 Å². The van der Waals surface area contributed by atoms with Gasteiger partial charge in [0.05, 0.1) is 6.61 Å². The Hall–Kier alpha value is -1.55. The van der Waals surface area contributed by atoms with Crippen LogP contribution in [0.1, 0.15) is 12.8 Å². The van der Waals surface area contributed by atoms with Gasteiger partial charge in [0, 0.05) is 0 Å². The van der Waals surface area contributed by atoms with E-state index in [9.17, 15) is 0 Å². The highest BCUT2D eigenvalue weighted by Gasteiger charge is 2.08. The second-order valence-electron chi connectivity index (χ2n) is 2.80. The molecule has 14 heavy (non-hydrogen) atoms. The lowest BCUT2D eigenvalue weighted by Gasteiger charge is -2.01. The molecule has 1 N–H and O–H groups in total. The van der Waals surface area contributed by atoms with Gasteiger partial charge in [-0.3, -0.25) is 0 Å². The second-order valence-corrected chi connectivity index (χ2v) is 2.80. The van der Waals surface area contributed by atoms with E-state index < -0.39 is 0 Å². The maximum atomic E-state index is 8.86. The maximum Gasteiger partial charge on any atom is 0.221 e. The maximum absolute atomic E-state index is 8.86. The molecule has 0 aliphatic carbocycles. The Morgan fingerprint density at radius 1 is 1.50 bits per heavy atom. The van der Waals surface area contributed by atoms with Gasteiger partial charge >= 0.3 is 0 Å². The highest BCUT2D eigenvalue weighted by Crippen LogP contribution is 2.25. The van der Waals surface area contributed by atoms with E-state index in [1.54, 1.807) is 6.07 Å². The van der Waals surface area contributed by atoms with Crippen molar-refractivity contribution in [2.75, 3.05) is 6.61 Å². The molecule has 74 valence electrons. The zero-order valence-electron chi connectivity index (χ0n) is 7.86. The molecule has 0 amide bonds. The van der Waals surface area contributed by atoms with E-state index >= 15 is 0 Å². The minimum absolute atomic E-state index is 0.194. The van der Waals surface area contributed by atoms with E-state index in [2.05, 4.69) is 4.98 Å². The van der Waals surface area contributed by atoms with Gasteiger partial charge in [0.25, 0.3) is 0 Å². The van der Waals surface area contributed by atoms with Crippen LogP contribution in [0, 0.1) is 0 Å². The average Bonchev–Trinajstić information content (AvgIpc) is 2.62. The summed E-state index contributed by atoms with van der Waals surface area (Å²) >= 11 is 0. The first kappa shape index (κ1) is 9.02. The molecule has 4 nitrogen and oxygen atoms in total. The largest absolute Gasteiger partial charge is 0.491 e. The molecule has 0 unspecified atom stereocenters. The summed E-state index contributed by atoms with van der Waals surface area (Å²) in [6.07, 6.45) is 0. The molecule has 0 bridgehead atoms. The smallest absolute Gasteiger partial charge is 0.221 e. The summed E-state index contributed by atoms with van der Waals surface area (Å²) in [5.41, 5.74) is 1.30. The number of rotatable bonds is 3. The van der Waals surface area contributed by atoms with Gasteiger partial charge in [-0.15, -0.1) is 0 Å². The molecule has 2 aromatic rings. The summed E-state index contributed by atoms with van der Waals surface area (Å²) in [5.74, 6) is 1.00. The Kier molecular flexibility index (Phi) is 2.37. The molecule has 0 atom stereocenters. The highest BCUT2D eigenvalue weighted by atomic mass is 16.5. The van der Waals surface area contributed by atoms with Crippen LogP contribution in [-0.2, 0) is 6.61 Å². The molecule has 1 heterocycles. The molecule has 4 heteroatoms. The molecular formula is C10H11NO3. The summed E-state index contributed by atoms with van der Waals surface area (Å²) in [6.45, 7) is 2.30. The summed E-state index contributed by atoms with van der Waals surface area (Å²) in [6, 6.07) is 5.46. The van der Waals surface area contributed by atoms with Crippen molar-refractivity contribution in [3.05, 3.63) is 24.1 Å². The van der Waals surface area contributed by atoms with Gasteiger partial charge in [0.15, 0.2) is 11.1 Å². The molecule has 0 saturated heterocycles. The summed E-state index contributed by atoms with van der Waals surface area (Å²) in [5, 5.41) is 8.86. The Labute approximate surface area is 81.1 Å². The lowest BCUT2D eigenvalue weighted by molar-refractivity contribution is 0.244. The van der Waals surface area contributed by atoms with Crippen molar-refractivity contribution in [3.63, 3.8) is 0 Å². The Bertz CT molecular complexity index is 436. The monoisotopic (exact) mass is 193 g/mol. The number of aliphatic hydroxyl groups excluding tert-OH is 1. The van der Waals surface area contributed by atoms with Crippen LogP contribution in [0.4, 0.5) is 0 Å². The number of nitrogens with zero attached hydrogens (tertiary/aromatic N) is 1. The minimum Gasteiger partial charge on any atom is -0.491 e. The normalized spacial score (nSPS) is 10.7. The van der Waals surface area contributed by atoms with Crippen LogP contribution in [0.25, 0.3) is 11.1 Å². The van der Waals surface area contributed by atoms with Crippen LogP contribution < -0.4 is 4.74 Å². The first-order valence-electron chi connectivity index (χ1n) is 4.47. The molecule has 1 aromatic carbocycles. The standard InChI is InChI=1S/C10H11NO3/c1-2-13-7-4-3-5-8-10(7)11-9(6-12)14-8/h3-5,12H,2,6H2,1H3. The number of fused-ring (bicyclic) bond motifs is 1. The zero-order chi connectivity index (χ0) is 9.97. The molecule has 1 aromatic heterocycles. The minimum atomic E-state index is -0.194. The molecule has 0 aliphatic rings. The number of benzene rings is 1. The van der Waals surface area contributed by atoms with Crippen molar-refractivity contribution in [2.24, 2.45) is 0 Å². The summed E-state index contributed by atoms with van der Waals surface area (Å²) in [7, 11) is 0. The molecule has 0 saturated carbocycles. The van der Waals surface area contributed by atoms with Crippen molar-refractivity contribution in [2.45, 2.75) is 13.5 Å². The van der Waals surface area contributed by atoms with Gasteiger partial charge in [-0.1, -0.05) is 6.07 Å². The first-order chi connectivity index (χ1) is 6.85. The number of ether oxygens (including phenoxy) is 1. The van der Waals surface area contributed by atoms with Crippen molar-refractivity contribution in [1.29, 1.82) is 0 Å². The number of hydrogen-bond donors (Lipinski definition) is 1. The molecule has 0 aliphatic heterocycles. The van der Waals surface area contributed by atoms with Gasteiger partial charge < -0.3 is 14.3 Å². The Morgan fingerprint density at radius 3 is 3.07 bits per heavy atom. The lowest BCUT2D eigenvalue weighted by Crippen LogP contribution is -1.91. The van der Waals surface area contributed by atoms with E-state index in [1.165, 1.54) is 0 Å². The topological polar surface area (TPSA) is 55.5 Å². The third kappa shape index (κ3) is 1.44. The van der Waals surface area contributed by atoms with Gasteiger partial charge in [-0.05, 0) is 19.1 Å².